The number of halogens is 1. The Balaban J connectivity index is 3.42. The molecule has 1 nitrogen and oxygen atoms in total. The van der Waals surface area contributed by atoms with Crippen LogP contribution in [0.15, 0.2) is 54.6 Å². The van der Waals surface area contributed by atoms with Crippen LogP contribution in [0, 0.1) is 0 Å². The SMILES string of the molecule is C=C/C(=C(C=O)\C=C/C)c1ccccc1Cl. The minimum Gasteiger partial charge on any atom is -0.298 e. The molecule has 0 amide bonds. The number of aldehydes is 1. The lowest BCUT2D eigenvalue weighted by Gasteiger charge is -2.06. The van der Waals surface area contributed by atoms with Gasteiger partial charge < -0.3 is 0 Å². The van der Waals surface area contributed by atoms with Crippen molar-refractivity contribution in [2.75, 3.05) is 0 Å². The Kier molecular flexibility index (Phi) is 4.74. The first kappa shape index (κ1) is 12.5. The predicted octanol–water partition coefficient (Wildman–Crippen LogP) is 4.05. The first-order valence-electron chi connectivity index (χ1n) is 4.94. The van der Waals surface area contributed by atoms with Crippen LogP contribution >= 0.6 is 11.6 Å². The third-order valence-electron chi connectivity index (χ3n) is 2.15. The molecule has 82 valence electrons. The van der Waals surface area contributed by atoms with Crippen LogP contribution < -0.4 is 0 Å². The number of hydrogen-bond donors (Lipinski definition) is 0. The monoisotopic (exact) mass is 232 g/mol. The Bertz CT molecular complexity index is 456. The van der Waals surface area contributed by atoms with Crippen molar-refractivity contribution < 1.29 is 4.79 Å². The molecule has 0 aliphatic rings. The number of rotatable bonds is 4. The summed E-state index contributed by atoms with van der Waals surface area (Å²) in [5, 5.41) is 0.612. The van der Waals surface area contributed by atoms with Crippen LogP contribution in [0.4, 0.5) is 0 Å². The molecule has 2 heteroatoms. The van der Waals surface area contributed by atoms with Crippen molar-refractivity contribution in [2.45, 2.75) is 6.92 Å². The second-order valence-electron chi connectivity index (χ2n) is 3.17. The lowest BCUT2D eigenvalue weighted by molar-refractivity contribution is -0.104. The maximum absolute atomic E-state index is 11.0. The summed E-state index contributed by atoms with van der Waals surface area (Å²) < 4.78 is 0. The molecule has 0 aromatic heterocycles. The maximum atomic E-state index is 11.0. The topological polar surface area (TPSA) is 17.1 Å². The van der Waals surface area contributed by atoms with Gasteiger partial charge in [0, 0.05) is 16.2 Å². The summed E-state index contributed by atoms with van der Waals surface area (Å²) in [4.78, 5) is 11.0. The van der Waals surface area contributed by atoms with Crippen molar-refractivity contribution in [3.8, 4) is 0 Å². The summed E-state index contributed by atoms with van der Waals surface area (Å²) in [5.41, 5.74) is 2.14. The highest BCUT2D eigenvalue weighted by molar-refractivity contribution is 6.32. The van der Waals surface area contributed by atoms with E-state index in [4.69, 9.17) is 11.6 Å². The Morgan fingerprint density at radius 2 is 2.06 bits per heavy atom. The van der Waals surface area contributed by atoms with E-state index in [9.17, 15) is 4.79 Å². The van der Waals surface area contributed by atoms with Crippen molar-refractivity contribution in [3.63, 3.8) is 0 Å². The molecule has 0 atom stereocenters. The van der Waals surface area contributed by atoms with Gasteiger partial charge in [0.2, 0.25) is 0 Å². The summed E-state index contributed by atoms with van der Waals surface area (Å²) in [7, 11) is 0. The van der Waals surface area contributed by atoms with E-state index in [2.05, 4.69) is 6.58 Å². The van der Waals surface area contributed by atoms with Gasteiger partial charge >= 0.3 is 0 Å². The molecule has 0 fully saturated rings. The van der Waals surface area contributed by atoms with Crippen molar-refractivity contribution in [2.24, 2.45) is 0 Å². The smallest absolute Gasteiger partial charge is 0.150 e. The molecule has 0 bridgehead atoms. The van der Waals surface area contributed by atoms with Crippen LogP contribution in [0.2, 0.25) is 5.02 Å². The van der Waals surface area contributed by atoms with Gasteiger partial charge in [0.15, 0.2) is 6.29 Å². The molecule has 1 aromatic carbocycles. The first-order chi connectivity index (χ1) is 7.74. The fourth-order valence-electron chi connectivity index (χ4n) is 1.44. The van der Waals surface area contributed by atoms with E-state index in [1.165, 1.54) is 0 Å². The highest BCUT2D eigenvalue weighted by Gasteiger charge is 2.06. The van der Waals surface area contributed by atoms with Crippen LogP contribution in [-0.2, 0) is 4.79 Å². The Morgan fingerprint density at radius 3 is 2.56 bits per heavy atom. The minimum absolute atomic E-state index is 0.575. The lowest BCUT2D eigenvalue weighted by Crippen LogP contribution is -1.90. The molecule has 0 unspecified atom stereocenters. The summed E-state index contributed by atoms with van der Waals surface area (Å²) in [6.07, 6.45) is 6.00. The second-order valence-corrected chi connectivity index (χ2v) is 3.58. The van der Waals surface area contributed by atoms with Gasteiger partial charge in [0.25, 0.3) is 0 Å². The van der Waals surface area contributed by atoms with Crippen LogP contribution in [0.5, 0.6) is 0 Å². The normalized spacial score (nSPS) is 12.4. The van der Waals surface area contributed by atoms with Crippen molar-refractivity contribution in [1.29, 1.82) is 0 Å². The third-order valence-corrected chi connectivity index (χ3v) is 2.48. The van der Waals surface area contributed by atoms with Crippen molar-refractivity contribution in [1.82, 2.24) is 0 Å². The summed E-state index contributed by atoms with van der Waals surface area (Å²) in [5.74, 6) is 0. The van der Waals surface area contributed by atoms with Gasteiger partial charge in [0.05, 0.1) is 0 Å². The van der Waals surface area contributed by atoms with E-state index < -0.39 is 0 Å². The molecule has 0 radical (unpaired) electrons. The summed E-state index contributed by atoms with van der Waals surface area (Å²) in [6.45, 7) is 5.58. The Morgan fingerprint density at radius 1 is 1.38 bits per heavy atom. The highest BCUT2D eigenvalue weighted by atomic mass is 35.5. The van der Waals surface area contributed by atoms with Crippen molar-refractivity contribution in [3.05, 3.63) is 65.2 Å². The van der Waals surface area contributed by atoms with Crippen LogP contribution in [0.3, 0.4) is 0 Å². The third kappa shape index (κ3) is 2.71. The molecule has 0 N–H and O–H groups in total. The quantitative estimate of drug-likeness (QED) is 0.435. The van der Waals surface area contributed by atoms with E-state index >= 15 is 0 Å². The molecule has 0 aliphatic heterocycles. The molecule has 0 spiro atoms. The van der Waals surface area contributed by atoms with Crippen molar-refractivity contribution >= 4 is 23.5 Å². The molecule has 1 aromatic rings. The zero-order valence-corrected chi connectivity index (χ0v) is 9.87. The number of carbonyl (C=O) groups excluding carboxylic acids is 1. The Labute approximate surface area is 101 Å². The molecular formula is C14H13ClO. The molecule has 16 heavy (non-hydrogen) atoms. The van der Waals surface area contributed by atoms with E-state index in [-0.39, 0.29) is 0 Å². The zero-order valence-electron chi connectivity index (χ0n) is 9.11. The van der Waals surface area contributed by atoms with E-state index in [0.29, 0.717) is 10.6 Å². The number of hydrogen-bond acceptors (Lipinski definition) is 1. The largest absolute Gasteiger partial charge is 0.298 e. The van der Waals surface area contributed by atoms with Gasteiger partial charge in [-0.05, 0) is 18.6 Å². The number of carbonyl (C=O) groups is 1. The highest BCUT2D eigenvalue weighted by Crippen LogP contribution is 2.26. The van der Waals surface area contributed by atoms with Gasteiger partial charge in [-0.15, -0.1) is 0 Å². The van der Waals surface area contributed by atoms with E-state index in [1.54, 1.807) is 18.2 Å². The average molecular weight is 233 g/mol. The molecule has 0 heterocycles. The van der Waals surface area contributed by atoms with Crippen LogP contribution in [0.1, 0.15) is 12.5 Å². The number of allylic oxidation sites excluding steroid dienone is 5. The molecular weight excluding hydrogens is 220 g/mol. The minimum atomic E-state index is 0.575. The van der Waals surface area contributed by atoms with Crippen LogP contribution in [-0.4, -0.2) is 6.29 Å². The standard InChI is InChI=1S/C14H13ClO/c1-3-7-11(10-16)12(4-2)13-8-5-6-9-14(13)15/h3-10H,2H2,1H3/b7-3-,12-11-. The molecule has 1 rings (SSSR count). The molecule has 0 aliphatic carbocycles. The Hall–Kier alpha value is -1.60. The molecule has 0 saturated carbocycles. The zero-order chi connectivity index (χ0) is 12.0. The van der Waals surface area contributed by atoms with Gasteiger partial charge in [-0.25, -0.2) is 0 Å². The average Bonchev–Trinajstić information content (AvgIpc) is 2.31. The first-order valence-corrected chi connectivity index (χ1v) is 5.31. The maximum Gasteiger partial charge on any atom is 0.150 e. The fraction of sp³-hybridized carbons (Fsp3) is 0.0714. The van der Waals surface area contributed by atoms with Gasteiger partial charge in [-0.3, -0.25) is 4.79 Å². The summed E-state index contributed by atoms with van der Waals surface area (Å²) >= 11 is 6.08. The summed E-state index contributed by atoms with van der Waals surface area (Å²) in [6, 6.07) is 7.39. The van der Waals surface area contributed by atoms with Crippen LogP contribution in [0.25, 0.3) is 5.57 Å². The molecule has 0 saturated heterocycles. The van der Waals surface area contributed by atoms with E-state index in [1.807, 2.05) is 31.2 Å². The van der Waals surface area contributed by atoms with Gasteiger partial charge in [-0.2, -0.15) is 0 Å². The lowest BCUT2D eigenvalue weighted by atomic mass is 10.00. The van der Waals surface area contributed by atoms with Gasteiger partial charge in [-0.1, -0.05) is 54.6 Å². The van der Waals surface area contributed by atoms with E-state index in [0.717, 1.165) is 17.4 Å². The fourth-order valence-corrected chi connectivity index (χ4v) is 1.67. The number of benzene rings is 1. The van der Waals surface area contributed by atoms with Gasteiger partial charge in [0.1, 0.15) is 0 Å². The second kappa shape index (κ2) is 6.09. The predicted molar refractivity (Wildman–Crippen MR) is 69.4 cm³/mol.